The summed E-state index contributed by atoms with van der Waals surface area (Å²) in [6.07, 6.45) is 0. The molecular weight excluding hydrogens is 454 g/mol. The Morgan fingerprint density at radius 3 is 2.11 bits per heavy atom. The minimum Gasteiger partial charge on any atom is -0.308 e. The van der Waals surface area contributed by atoms with Crippen LogP contribution in [0.15, 0.2) is 126 Å². The van der Waals surface area contributed by atoms with Crippen molar-refractivity contribution < 1.29 is 0 Å². The molecule has 0 saturated carbocycles. The fourth-order valence-corrected chi connectivity index (χ4v) is 6.70. The second-order valence-corrected chi connectivity index (χ2v) is 10.2. The summed E-state index contributed by atoms with van der Waals surface area (Å²) in [6, 6.07) is 42.1. The molecule has 0 saturated heterocycles. The first-order valence-electron chi connectivity index (χ1n) is 12.3. The maximum absolute atomic E-state index is 2.43. The third-order valence-corrected chi connectivity index (χ3v) is 8.21. The Labute approximate surface area is 212 Å². The van der Waals surface area contributed by atoms with Gasteiger partial charge in [0.05, 0.1) is 11.0 Å². The van der Waals surface area contributed by atoms with Gasteiger partial charge >= 0.3 is 0 Å². The first-order valence-corrected chi connectivity index (χ1v) is 13.2. The molecule has 0 radical (unpaired) electrons. The van der Waals surface area contributed by atoms with Gasteiger partial charge in [-0.3, -0.25) is 0 Å². The van der Waals surface area contributed by atoms with Gasteiger partial charge in [-0.2, -0.15) is 0 Å². The highest BCUT2D eigenvalue weighted by Crippen LogP contribution is 2.40. The van der Waals surface area contributed by atoms with Gasteiger partial charge in [0.25, 0.3) is 0 Å². The molecule has 0 N–H and O–H groups in total. The first kappa shape index (κ1) is 19.9. The number of thiophene rings is 1. The monoisotopic (exact) mass is 475 g/mol. The van der Waals surface area contributed by atoms with Crippen LogP contribution in [0.25, 0.3) is 70.9 Å². The second-order valence-electron chi connectivity index (χ2n) is 9.43. The number of rotatable bonds is 2. The van der Waals surface area contributed by atoms with Crippen LogP contribution in [0, 0.1) is 0 Å². The van der Waals surface area contributed by atoms with E-state index in [-0.39, 0.29) is 0 Å². The standard InChI is InChI=1S/C34H21NS/c1-4-13-27-22(8-1)16-17-32-34(27)31-20-36-21-33(31)35(32)25-11-7-10-23(18-25)30-19-24-9-2-3-12-26(24)28-14-5-6-15-29(28)30/h1-21H. The quantitative estimate of drug-likeness (QED) is 0.219. The third kappa shape index (κ3) is 2.76. The van der Waals surface area contributed by atoms with Gasteiger partial charge in [0.2, 0.25) is 0 Å². The van der Waals surface area contributed by atoms with Crippen molar-refractivity contribution in [1.82, 2.24) is 4.57 Å². The van der Waals surface area contributed by atoms with Gasteiger partial charge in [0.1, 0.15) is 0 Å². The Morgan fingerprint density at radius 2 is 1.22 bits per heavy atom. The van der Waals surface area contributed by atoms with Gasteiger partial charge in [-0.25, -0.2) is 0 Å². The fourth-order valence-electron chi connectivity index (χ4n) is 5.89. The van der Waals surface area contributed by atoms with Gasteiger partial charge < -0.3 is 4.57 Å². The van der Waals surface area contributed by atoms with Crippen molar-refractivity contribution in [3.8, 4) is 16.8 Å². The van der Waals surface area contributed by atoms with Crippen LogP contribution in [-0.4, -0.2) is 4.57 Å². The Hall–Kier alpha value is -4.40. The van der Waals surface area contributed by atoms with Crippen molar-refractivity contribution in [2.45, 2.75) is 0 Å². The lowest BCUT2D eigenvalue weighted by molar-refractivity contribution is 1.19. The summed E-state index contributed by atoms with van der Waals surface area (Å²) in [5.41, 5.74) is 6.23. The van der Waals surface area contributed by atoms with Crippen LogP contribution in [0.2, 0.25) is 0 Å². The number of fused-ring (bicyclic) bond motifs is 8. The lowest BCUT2D eigenvalue weighted by atomic mass is 9.93. The van der Waals surface area contributed by atoms with Crippen molar-refractivity contribution in [3.05, 3.63) is 126 Å². The molecule has 0 atom stereocenters. The Kier molecular flexibility index (Phi) is 4.16. The van der Waals surface area contributed by atoms with E-state index in [1.54, 1.807) is 11.3 Å². The molecule has 0 spiro atoms. The SMILES string of the molecule is c1cc(-c2cc3ccccc3c3ccccc23)cc(-n2c3cscc3c3c4ccccc4ccc32)c1. The number of hydrogen-bond donors (Lipinski definition) is 0. The molecule has 8 aromatic rings. The Balaban J connectivity index is 1.43. The number of aromatic nitrogens is 1. The zero-order valence-electron chi connectivity index (χ0n) is 19.5. The molecule has 0 amide bonds. The second kappa shape index (κ2) is 7.55. The smallest absolute Gasteiger partial charge is 0.0648 e. The van der Waals surface area contributed by atoms with E-state index in [2.05, 4.69) is 131 Å². The largest absolute Gasteiger partial charge is 0.308 e. The highest BCUT2D eigenvalue weighted by atomic mass is 32.1. The normalized spacial score (nSPS) is 11.9. The molecule has 2 heteroatoms. The summed E-state index contributed by atoms with van der Waals surface area (Å²) in [5, 5.41) is 15.0. The van der Waals surface area contributed by atoms with Crippen molar-refractivity contribution in [1.29, 1.82) is 0 Å². The van der Waals surface area contributed by atoms with E-state index in [1.807, 2.05) is 0 Å². The van der Waals surface area contributed by atoms with Crippen LogP contribution >= 0.6 is 11.3 Å². The molecule has 0 aliphatic heterocycles. The number of nitrogens with zero attached hydrogens (tertiary/aromatic N) is 1. The van der Waals surface area contributed by atoms with Crippen LogP contribution < -0.4 is 0 Å². The predicted molar refractivity (Wildman–Crippen MR) is 157 cm³/mol. The summed E-state index contributed by atoms with van der Waals surface area (Å²) in [4.78, 5) is 0. The summed E-state index contributed by atoms with van der Waals surface area (Å²) in [5.74, 6) is 0. The van der Waals surface area contributed by atoms with Crippen molar-refractivity contribution in [2.24, 2.45) is 0 Å². The molecule has 36 heavy (non-hydrogen) atoms. The molecule has 0 bridgehead atoms. The van der Waals surface area contributed by atoms with E-state index >= 15 is 0 Å². The molecule has 2 heterocycles. The molecule has 6 aromatic carbocycles. The fraction of sp³-hybridized carbons (Fsp3) is 0. The van der Waals surface area contributed by atoms with Crippen molar-refractivity contribution in [2.75, 3.05) is 0 Å². The average molecular weight is 476 g/mol. The summed E-state index contributed by atoms with van der Waals surface area (Å²) < 4.78 is 2.43. The molecule has 1 nitrogen and oxygen atoms in total. The predicted octanol–water partition coefficient (Wildman–Crippen LogP) is 9.97. The van der Waals surface area contributed by atoms with Crippen LogP contribution in [0.1, 0.15) is 0 Å². The minimum absolute atomic E-state index is 1.19. The summed E-state index contributed by atoms with van der Waals surface area (Å²) in [7, 11) is 0. The summed E-state index contributed by atoms with van der Waals surface area (Å²) in [6.45, 7) is 0. The topological polar surface area (TPSA) is 4.93 Å². The molecule has 0 fully saturated rings. The average Bonchev–Trinajstić information content (AvgIpc) is 3.53. The zero-order valence-corrected chi connectivity index (χ0v) is 20.3. The lowest BCUT2D eigenvalue weighted by Crippen LogP contribution is -1.94. The molecule has 0 aliphatic rings. The highest BCUT2D eigenvalue weighted by Gasteiger charge is 2.16. The molecule has 0 unspecified atom stereocenters. The van der Waals surface area contributed by atoms with Crippen LogP contribution in [0.3, 0.4) is 0 Å². The van der Waals surface area contributed by atoms with Crippen molar-refractivity contribution >= 4 is 65.5 Å². The van der Waals surface area contributed by atoms with Gasteiger partial charge in [-0.05, 0) is 67.7 Å². The van der Waals surface area contributed by atoms with Crippen LogP contribution in [-0.2, 0) is 0 Å². The Morgan fingerprint density at radius 1 is 0.472 bits per heavy atom. The van der Waals surface area contributed by atoms with Gasteiger partial charge in [-0.15, -0.1) is 11.3 Å². The molecule has 168 valence electrons. The van der Waals surface area contributed by atoms with Gasteiger partial charge in [-0.1, -0.05) is 91.0 Å². The van der Waals surface area contributed by atoms with Gasteiger partial charge in [0, 0.05) is 27.2 Å². The summed E-state index contributed by atoms with van der Waals surface area (Å²) >= 11 is 1.77. The highest BCUT2D eigenvalue weighted by molar-refractivity contribution is 7.09. The van der Waals surface area contributed by atoms with E-state index in [9.17, 15) is 0 Å². The zero-order chi connectivity index (χ0) is 23.6. The van der Waals surface area contributed by atoms with Gasteiger partial charge in [0.15, 0.2) is 0 Å². The molecule has 2 aromatic heterocycles. The number of hydrogen-bond acceptors (Lipinski definition) is 1. The maximum Gasteiger partial charge on any atom is 0.0648 e. The van der Waals surface area contributed by atoms with Crippen molar-refractivity contribution in [3.63, 3.8) is 0 Å². The first-order chi connectivity index (χ1) is 17.9. The van der Waals surface area contributed by atoms with Crippen LogP contribution in [0.5, 0.6) is 0 Å². The number of benzene rings is 6. The van der Waals surface area contributed by atoms with E-state index in [0.29, 0.717) is 0 Å². The minimum atomic E-state index is 1.19. The van der Waals surface area contributed by atoms with E-state index in [0.717, 1.165) is 0 Å². The van der Waals surface area contributed by atoms with Crippen LogP contribution in [0.4, 0.5) is 0 Å². The molecule has 0 aliphatic carbocycles. The third-order valence-electron chi connectivity index (χ3n) is 7.48. The maximum atomic E-state index is 2.43. The molecule has 8 rings (SSSR count). The van der Waals surface area contributed by atoms with E-state index in [4.69, 9.17) is 0 Å². The van der Waals surface area contributed by atoms with E-state index in [1.165, 1.54) is 70.9 Å². The Bertz CT molecular complexity index is 2110. The lowest BCUT2D eigenvalue weighted by Gasteiger charge is -2.13. The molecular formula is C34H21NS. The van der Waals surface area contributed by atoms with E-state index < -0.39 is 0 Å².